The molecule has 4 rings (SSSR count). The molecule has 3 nitrogen and oxygen atoms in total. The van der Waals surface area contributed by atoms with E-state index in [1.165, 1.54) is 11.3 Å². The summed E-state index contributed by atoms with van der Waals surface area (Å²) in [7, 11) is 0. The minimum atomic E-state index is -0.290. The Hall–Kier alpha value is -2.66. The van der Waals surface area contributed by atoms with Gasteiger partial charge in [-0.3, -0.25) is 10.1 Å². The molecule has 6 heteroatoms. The average molecular weight is 425 g/mol. The first-order chi connectivity index (χ1) is 13.6. The van der Waals surface area contributed by atoms with Crippen LogP contribution in [0.25, 0.3) is 21.7 Å². The van der Waals surface area contributed by atoms with E-state index in [4.69, 9.17) is 23.2 Å². The van der Waals surface area contributed by atoms with Crippen molar-refractivity contribution in [2.75, 3.05) is 5.32 Å². The third-order valence-corrected chi connectivity index (χ3v) is 5.72. The van der Waals surface area contributed by atoms with Crippen molar-refractivity contribution in [3.8, 4) is 21.7 Å². The van der Waals surface area contributed by atoms with Crippen molar-refractivity contribution in [2.24, 2.45) is 0 Å². The van der Waals surface area contributed by atoms with Crippen LogP contribution in [0.3, 0.4) is 0 Å². The van der Waals surface area contributed by atoms with Crippen LogP contribution in [0.5, 0.6) is 0 Å². The lowest BCUT2D eigenvalue weighted by atomic mass is 10.1. The maximum atomic E-state index is 12.6. The smallest absolute Gasteiger partial charge is 0.258 e. The first kappa shape index (κ1) is 18.7. The number of benzene rings is 3. The number of carbonyl (C=O) groups excluding carboxylic acids is 1. The molecule has 0 saturated carbocycles. The Balaban J connectivity index is 1.74. The summed E-state index contributed by atoms with van der Waals surface area (Å²) in [5.74, 6) is -0.290. The van der Waals surface area contributed by atoms with E-state index in [9.17, 15) is 4.79 Å². The molecule has 3 aromatic carbocycles. The van der Waals surface area contributed by atoms with Gasteiger partial charge in [0.1, 0.15) is 0 Å². The van der Waals surface area contributed by atoms with Gasteiger partial charge in [-0.25, -0.2) is 4.98 Å². The molecule has 0 bridgehead atoms. The summed E-state index contributed by atoms with van der Waals surface area (Å²) in [6.07, 6.45) is 0. The SMILES string of the molecule is O=C(Nc1nc(-c2ccc(Cl)cc2)c(-c2ccccc2)s1)c1ccccc1Cl. The van der Waals surface area contributed by atoms with E-state index >= 15 is 0 Å². The molecule has 0 unspecified atom stereocenters. The predicted molar refractivity (Wildman–Crippen MR) is 117 cm³/mol. The largest absolute Gasteiger partial charge is 0.298 e. The molecule has 138 valence electrons. The second-order valence-electron chi connectivity index (χ2n) is 6.00. The van der Waals surface area contributed by atoms with Crippen molar-refractivity contribution in [1.82, 2.24) is 4.98 Å². The molecule has 1 N–H and O–H groups in total. The molecule has 0 aliphatic carbocycles. The molecular formula is C22H14Cl2N2OS. The van der Waals surface area contributed by atoms with Crippen LogP contribution in [0.2, 0.25) is 10.0 Å². The average Bonchev–Trinajstić information content (AvgIpc) is 3.13. The maximum absolute atomic E-state index is 12.6. The van der Waals surface area contributed by atoms with Gasteiger partial charge in [0.2, 0.25) is 0 Å². The van der Waals surface area contributed by atoms with Gasteiger partial charge >= 0.3 is 0 Å². The monoisotopic (exact) mass is 424 g/mol. The fraction of sp³-hybridized carbons (Fsp3) is 0. The summed E-state index contributed by atoms with van der Waals surface area (Å²) in [6, 6.07) is 24.4. The Labute approximate surface area is 176 Å². The fourth-order valence-electron chi connectivity index (χ4n) is 2.77. The number of hydrogen-bond donors (Lipinski definition) is 1. The van der Waals surface area contributed by atoms with Crippen molar-refractivity contribution in [1.29, 1.82) is 0 Å². The summed E-state index contributed by atoms with van der Waals surface area (Å²) < 4.78 is 0. The number of rotatable bonds is 4. The third kappa shape index (κ3) is 3.94. The van der Waals surface area contributed by atoms with Gasteiger partial charge in [-0.05, 0) is 29.8 Å². The van der Waals surface area contributed by atoms with Crippen LogP contribution in [0.4, 0.5) is 5.13 Å². The van der Waals surface area contributed by atoms with Crippen molar-refractivity contribution < 1.29 is 4.79 Å². The maximum Gasteiger partial charge on any atom is 0.258 e. The molecule has 0 atom stereocenters. The number of nitrogens with zero attached hydrogens (tertiary/aromatic N) is 1. The highest BCUT2D eigenvalue weighted by atomic mass is 35.5. The summed E-state index contributed by atoms with van der Waals surface area (Å²) in [4.78, 5) is 18.3. The highest BCUT2D eigenvalue weighted by Crippen LogP contribution is 2.39. The summed E-state index contributed by atoms with van der Waals surface area (Å²) in [6.45, 7) is 0. The number of anilines is 1. The number of aromatic nitrogens is 1. The molecule has 0 fully saturated rings. The molecular weight excluding hydrogens is 411 g/mol. The minimum Gasteiger partial charge on any atom is -0.298 e. The van der Waals surface area contributed by atoms with Gasteiger partial charge in [-0.15, -0.1) is 0 Å². The summed E-state index contributed by atoms with van der Waals surface area (Å²) in [5.41, 5.74) is 3.16. The highest BCUT2D eigenvalue weighted by molar-refractivity contribution is 7.19. The van der Waals surface area contributed by atoms with Crippen molar-refractivity contribution in [2.45, 2.75) is 0 Å². The highest BCUT2D eigenvalue weighted by Gasteiger charge is 2.18. The molecule has 28 heavy (non-hydrogen) atoms. The van der Waals surface area contributed by atoms with Crippen LogP contribution in [0.1, 0.15) is 10.4 Å². The molecule has 0 aliphatic heterocycles. The van der Waals surface area contributed by atoms with E-state index in [1.807, 2.05) is 54.6 Å². The van der Waals surface area contributed by atoms with Gasteiger partial charge < -0.3 is 0 Å². The molecule has 0 radical (unpaired) electrons. The molecule has 0 spiro atoms. The first-order valence-electron chi connectivity index (χ1n) is 8.50. The second-order valence-corrected chi connectivity index (χ2v) is 7.85. The molecule has 1 aromatic heterocycles. The van der Waals surface area contributed by atoms with Crippen LogP contribution in [0, 0.1) is 0 Å². The van der Waals surface area contributed by atoms with Gasteiger partial charge in [0.15, 0.2) is 5.13 Å². The van der Waals surface area contributed by atoms with E-state index in [-0.39, 0.29) is 5.91 Å². The number of nitrogens with one attached hydrogen (secondary N) is 1. The number of hydrogen-bond acceptors (Lipinski definition) is 3. The standard InChI is InChI=1S/C22H14Cl2N2OS/c23-16-12-10-14(11-13-16)19-20(15-6-2-1-3-7-15)28-22(25-19)26-21(27)17-8-4-5-9-18(17)24/h1-13H,(H,25,26,27). The summed E-state index contributed by atoms with van der Waals surface area (Å²) >= 11 is 13.6. The lowest BCUT2D eigenvalue weighted by molar-refractivity contribution is 0.102. The molecule has 1 amide bonds. The van der Waals surface area contributed by atoms with Crippen molar-refractivity contribution in [3.63, 3.8) is 0 Å². The van der Waals surface area contributed by atoms with E-state index in [0.29, 0.717) is 20.7 Å². The van der Waals surface area contributed by atoms with Crippen LogP contribution in [0.15, 0.2) is 78.9 Å². The first-order valence-corrected chi connectivity index (χ1v) is 10.1. The number of carbonyl (C=O) groups is 1. The zero-order chi connectivity index (χ0) is 19.5. The van der Waals surface area contributed by atoms with Crippen molar-refractivity contribution >= 4 is 45.6 Å². The van der Waals surface area contributed by atoms with Crippen LogP contribution in [-0.4, -0.2) is 10.9 Å². The third-order valence-electron chi connectivity index (χ3n) is 4.12. The van der Waals surface area contributed by atoms with E-state index < -0.39 is 0 Å². The normalized spacial score (nSPS) is 10.6. The van der Waals surface area contributed by atoms with E-state index in [1.54, 1.807) is 24.3 Å². The van der Waals surface area contributed by atoms with Gasteiger partial charge in [0, 0.05) is 10.6 Å². The Kier molecular flexibility index (Phi) is 5.44. The van der Waals surface area contributed by atoms with Crippen LogP contribution < -0.4 is 5.32 Å². The van der Waals surface area contributed by atoms with E-state index in [2.05, 4.69) is 10.3 Å². The quantitative estimate of drug-likeness (QED) is 0.381. The second kappa shape index (κ2) is 8.15. The zero-order valence-electron chi connectivity index (χ0n) is 14.5. The topological polar surface area (TPSA) is 42.0 Å². The molecule has 1 heterocycles. The molecule has 0 saturated heterocycles. The molecule has 0 aliphatic rings. The van der Waals surface area contributed by atoms with E-state index in [0.717, 1.165) is 21.7 Å². The number of amides is 1. The zero-order valence-corrected chi connectivity index (χ0v) is 16.9. The van der Waals surface area contributed by atoms with Crippen LogP contribution >= 0.6 is 34.5 Å². The number of thiazole rings is 1. The molecule has 4 aromatic rings. The fourth-order valence-corrected chi connectivity index (χ4v) is 4.11. The van der Waals surface area contributed by atoms with Crippen molar-refractivity contribution in [3.05, 3.63) is 94.5 Å². The Bertz CT molecular complexity index is 1130. The predicted octanol–water partition coefficient (Wildman–Crippen LogP) is 7.04. The van der Waals surface area contributed by atoms with Gasteiger partial charge in [-0.1, -0.05) is 89.1 Å². The van der Waals surface area contributed by atoms with Gasteiger partial charge in [0.25, 0.3) is 5.91 Å². The van der Waals surface area contributed by atoms with Gasteiger partial charge in [-0.2, -0.15) is 0 Å². The Morgan fingerprint density at radius 2 is 1.50 bits per heavy atom. The Morgan fingerprint density at radius 1 is 0.821 bits per heavy atom. The lowest BCUT2D eigenvalue weighted by Crippen LogP contribution is -2.12. The number of halogens is 2. The van der Waals surface area contributed by atoms with Crippen LogP contribution in [-0.2, 0) is 0 Å². The van der Waals surface area contributed by atoms with Gasteiger partial charge in [0.05, 0.1) is 21.2 Å². The lowest BCUT2D eigenvalue weighted by Gasteiger charge is -2.03. The summed E-state index contributed by atoms with van der Waals surface area (Å²) in [5, 5.41) is 4.44. The minimum absolute atomic E-state index is 0.290. The Morgan fingerprint density at radius 3 is 2.21 bits per heavy atom.